The van der Waals surface area contributed by atoms with Crippen LogP contribution in [-0.2, 0) is 63.5 Å². The van der Waals surface area contributed by atoms with E-state index in [2.05, 4.69) is 15.3 Å². The average molecular weight is 1170 g/mol. The van der Waals surface area contributed by atoms with Gasteiger partial charge in [0.05, 0.1) is 77.3 Å². The molecule has 3 fully saturated rings. The second kappa shape index (κ2) is 27.3. The van der Waals surface area contributed by atoms with Gasteiger partial charge in [-0.3, -0.25) is 18.8 Å². The number of halogens is 1. The van der Waals surface area contributed by atoms with Crippen LogP contribution in [0.1, 0.15) is 124 Å². The number of esters is 1. The van der Waals surface area contributed by atoms with Crippen LogP contribution in [0, 0.1) is 29.6 Å². The van der Waals surface area contributed by atoms with Gasteiger partial charge in [0.15, 0.2) is 6.29 Å². The minimum atomic E-state index is -3.59. The van der Waals surface area contributed by atoms with Crippen LogP contribution in [0.2, 0.25) is 0 Å². The summed E-state index contributed by atoms with van der Waals surface area (Å²) in [6, 6.07) is 5.73. The molecule has 21 nitrogen and oxygen atoms in total. The highest BCUT2D eigenvalue weighted by Gasteiger charge is 2.56. The van der Waals surface area contributed by atoms with Gasteiger partial charge in [0.1, 0.15) is 48.5 Å². The van der Waals surface area contributed by atoms with Crippen molar-refractivity contribution in [2.24, 2.45) is 34.6 Å². The van der Waals surface area contributed by atoms with E-state index in [1.165, 1.54) is 44.7 Å². The number of aromatic nitrogens is 3. The number of benzene rings is 1. The minimum absolute atomic E-state index is 0.0367. The van der Waals surface area contributed by atoms with E-state index in [4.69, 9.17) is 37.3 Å². The van der Waals surface area contributed by atoms with Crippen molar-refractivity contribution in [3.8, 4) is 0 Å². The molecule has 0 radical (unpaired) electrons. The van der Waals surface area contributed by atoms with Crippen molar-refractivity contribution in [1.29, 1.82) is 0 Å². The summed E-state index contributed by atoms with van der Waals surface area (Å²) in [6.45, 7) is 16.7. The van der Waals surface area contributed by atoms with Crippen molar-refractivity contribution < 1.29 is 80.2 Å². The lowest BCUT2D eigenvalue weighted by Crippen LogP contribution is -2.62. The molecule has 5 heterocycles. The zero-order valence-electron chi connectivity index (χ0n) is 49.3. The molecule has 6 rings (SSSR count). The Kier molecular flexibility index (Phi) is 22.6. The maximum absolute atomic E-state index is 15.0. The van der Waals surface area contributed by atoms with E-state index in [1.54, 1.807) is 54.7 Å². The second-order valence-corrected chi connectivity index (χ2v) is 26.2. The van der Waals surface area contributed by atoms with E-state index in [0.717, 1.165) is 16.9 Å². The Morgan fingerprint density at radius 2 is 1.61 bits per heavy atom. The molecule has 0 bridgehead atoms. The number of nitrogens with zero attached hydrogens (tertiary/aromatic N) is 5. The SMILES string of the molecule is CC[C@H]1OC(=O)[C@H](C)C([C@H]2C[C@@](C)(OC)[C@@H](O)[C@H](C)O2)[C@H](C)[C@@H](O[C@@H]2O[C@H](C)C[C@H](N(C)CCc3cn([C@H](CF)[C@H](OC)c4ccc(C5=NC(COS(C)(=O)=O)CS5)cc4)nn3)[C@H]2O)[C@](C)(OC)C[C@@H](C)C(=O)[C@H](C)[C@@H](O)[C@]1(C)O. The maximum Gasteiger partial charge on any atom is 0.309 e. The van der Waals surface area contributed by atoms with Crippen LogP contribution in [0.5, 0.6) is 0 Å². The van der Waals surface area contributed by atoms with Gasteiger partial charge in [0.25, 0.3) is 10.1 Å². The number of ketones is 1. The van der Waals surface area contributed by atoms with Crippen molar-refractivity contribution in [2.45, 2.75) is 197 Å². The molecule has 4 aliphatic rings. The Balaban J connectivity index is 1.24. The zero-order valence-corrected chi connectivity index (χ0v) is 50.9. The fourth-order valence-corrected chi connectivity index (χ4v) is 14.0. The number of aliphatic hydroxyl groups excluding tert-OH is 3. The fraction of sp³-hybridized carbons (Fsp3) is 0.804. The number of thioether (sulfide) groups is 1. The lowest BCUT2D eigenvalue weighted by molar-refractivity contribution is -0.305. The third-order valence-corrected chi connectivity index (χ3v) is 19.3. The van der Waals surface area contributed by atoms with Crippen molar-refractivity contribution in [2.75, 3.05) is 60.2 Å². The molecule has 0 aliphatic carbocycles. The van der Waals surface area contributed by atoms with E-state index in [-0.39, 0.29) is 37.7 Å². The number of methoxy groups -OCH3 is 3. The second-order valence-electron chi connectivity index (χ2n) is 23.6. The van der Waals surface area contributed by atoms with Crippen LogP contribution in [0.4, 0.5) is 4.39 Å². The van der Waals surface area contributed by atoms with Crippen LogP contribution < -0.4 is 0 Å². The quantitative estimate of drug-likeness (QED) is 0.110. The standard InChI is InChI=1S/C56H90FN5O16S2/c1-16-43-56(10,68)48(65)34(6)45(63)30(2)24-55(9,73-14)50(32(4)44(33(5)52(67)77-43)42-25-54(8,72-13)49(66)35(7)76-42)78-53-46(64)40(23-31(3)75-53)61(11)22-21-38-27-62(60-59-38)41(26-57)47(71-12)36-17-19-37(20-18-36)51-58-39(29-79-51)28-74-80(15,69)70/h17-20,27,30-35,39-44,46-50,53,64-66,68H,16,21-26,28-29H2,1-15H3/t30-,31-,32+,33-,34+,35+,39?,40+,41-,42-,43-,44?,46-,47-,48-,49+,50-,53+,54-,55-,56-/m1/s1. The van der Waals surface area contributed by atoms with Gasteiger partial charge in [-0.1, -0.05) is 64.1 Å². The molecule has 4 aliphatic heterocycles. The summed E-state index contributed by atoms with van der Waals surface area (Å²) < 4.78 is 89.0. The van der Waals surface area contributed by atoms with E-state index < -0.39 is 142 Å². The number of Topliss-reactive ketones (excluding diaryl/α,β-unsaturated/α-hetero) is 1. The third kappa shape index (κ3) is 14.9. The largest absolute Gasteiger partial charge is 0.459 e. The monoisotopic (exact) mass is 1170 g/mol. The van der Waals surface area contributed by atoms with Gasteiger partial charge in [0, 0.05) is 82.0 Å². The zero-order chi connectivity index (χ0) is 59.4. The normalized spacial score (nSPS) is 38.9. The molecule has 0 amide bonds. The number of likely N-dealkylation sites (N-methyl/N-ethyl adjacent to an activating group) is 1. The highest BCUT2D eigenvalue weighted by Crippen LogP contribution is 2.46. The third-order valence-electron chi connectivity index (χ3n) is 17.6. The summed E-state index contributed by atoms with van der Waals surface area (Å²) in [4.78, 5) is 35.6. The smallest absolute Gasteiger partial charge is 0.309 e. The molecule has 1 aromatic heterocycles. The molecule has 2 unspecified atom stereocenters. The number of cyclic esters (lactones) is 1. The number of hydrogen-bond donors (Lipinski definition) is 4. The van der Waals surface area contributed by atoms with Crippen LogP contribution in [-0.4, -0.2) is 210 Å². The van der Waals surface area contributed by atoms with E-state index in [0.29, 0.717) is 36.4 Å². The number of carbonyl (C=O) groups is 2. The average Bonchev–Trinajstić information content (AvgIpc) is 4.23. The summed E-state index contributed by atoms with van der Waals surface area (Å²) in [5, 5.41) is 56.8. The topological polar surface area (TPSA) is 269 Å². The Morgan fingerprint density at radius 3 is 2.21 bits per heavy atom. The number of carbonyl (C=O) groups excluding carboxylic acids is 2. The minimum Gasteiger partial charge on any atom is -0.459 e. The Labute approximate surface area is 476 Å². The Morgan fingerprint density at radius 1 is 0.950 bits per heavy atom. The molecule has 0 saturated carbocycles. The molecule has 3 saturated heterocycles. The van der Waals surface area contributed by atoms with Crippen LogP contribution in [0.15, 0.2) is 35.5 Å². The van der Waals surface area contributed by atoms with Crippen LogP contribution in [0.25, 0.3) is 0 Å². The van der Waals surface area contributed by atoms with Crippen molar-refractivity contribution in [3.05, 3.63) is 47.3 Å². The number of alkyl halides is 1. The number of aliphatic hydroxyl groups is 4. The lowest BCUT2D eigenvalue weighted by Gasteiger charge is -2.52. The summed E-state index contributed by atoms with van der Waals surface area (Å²) in [5.74, 6) is -4.73. The number of rotatable bonds is 19. The first-order chi connectivity index (χ1) is 37.5. The molecule has 2 aromatic rings. The fourth-order valence-electron chi connectivity index (χ4n) is 12.6. The lowest BCUT2D eigenvalue weighted by atomic mass is 9.67. The number of aliphatic imine (C=N–C) groups is 1. The highest BCUT2D eigenvalue weighted by atomic mass is 32.2. The van der Waals surface area contributed by atoms with Gasteiger partial charge in [-0.2, -0.15) is 8.42 Å². The molecule has 4 N–H and O–H groups in total. The summed E-state index contributed by atoms with van der Waals surface area (Å²) in [5.41, 5.74) is -2.33. The first kappa shape index (κ1) is 66.1. The molecule has 21 atom stereocenters. The van der Waals surface area contributed by atoms with E-state index in [9.17, 15) is 38.4 Å². The van der Waals surface area contributed by atoms with Crippen molar-refractivity contribution in [1.82, 2.24) is 19.9 Å². The maximum atomic E-state index is 15.0. The molecular formula is C56H90FN5O16S2. The molecule has 80 heavy (non-hydrogen) atoms. The Hall–Kier alpha value is -3.08. The van der Waals surface area contributed by atoms with E-state index in [1.807, 2.05) is 50.1 Å². The summed E-state index contributed by atoms with van der Waals surface area (Å²) >= 11 is 1.50. The summed E-state index contributed by atoms with van der Waals surface area (Å²) in [6.07, 6.45) is -6.17. The van der Waals surface area contributed by atoms with Crippen molar-refractivity contribution in [3.63, 3.8) is 0 Å². The van der Waals surface area contributed by atoms with Crippen LogP contribution in [0.3, 0.4) is 0 Å². The number of ether oxygens (including phenoxy) is 7. The predicted octanol–water partition coefficient (Wildman–Crippen LogP) is 4.65. The molecule has 454 valence electrons. The van der Waals surface area contributed by atoms with Gasteiger partial charge < -0.3 is 58.5 Å². The highest BCUT2D eigenvalue weighted by molar-refractivity contribution is 8.14. The van der Waals surface area contributed by atoms with Gasteiger partial charge >= 0.3 is 5.97 Å². The first-order valence-electron chi connectivity index (χ1n) is 27.9. The summed E-state index contributed by atoms with van der Waals surface area (Å²) in [7, 11) is 2.80. The molecular weight excluding hydrogens is 1080 g/mol. The van der Waals surface area contributed by atoms with Crippen LogP contribution >= 0.6 is 11.8 Å². The van der Waals surface area contributed by atoms with Gasteiger partial charge in [-0.15, -0.1) is 16.9 Å². The number of hydrogen-bond acceptors (Lipinski definition) is 21. The van der Waals surface area contributed by atoms with Crippen molar-refractivity contribution >= 4 is 38.7 Å². The van der Waals surface area contributed by atoms with Gasteiger partial charge in [-0.25, -0.2) is 9.07 Å². The van der Waals surface area contributed by atoms with Gasteiger partial charge in [0.2, 0.25) is 0 Å². The molecule has 24 heteroatoms. The Bertz CT molecular complexity index is 2510. The predicted molar refractivity (Wildman–Crippen MR) is 297 cm³/mol. The molecule has 0 spiro atoms. The molecule has 1 aromatic carbocycles. The first-order valence-corrected chi connectivity index (χ1v) is 30.7. The van der Waals surface area contributed by atoms with Gasteiger partial charge in [-0.05, 0) is 72.4 Å². The van der Waals surface area contributed by atoms with E-state index >= 15 is 4.39 Å².